The van der Waals surface area contributed by atoms with E-state index in [1.54, 1.807) is 36.2 Å². The van der Waals surface area contributed by atoms with E-state index in [-0.39, 0.29) is 17.3 Å². The van der Waals surface area contributed by atoms with Gasteiger partial charge in [0.15, 0.2) is 0 Å². The number of benzene rings is 1. The summed E-state index contributed by atoms with van der Waals surface area (Å²) in [6.45, 7) is 3.11. The molecule has 26 heavy (non-hydrogen) atoms. The molecule has 0 radical (unpaired) electrons. The van der Waals surface area contributed by atoms with Crippen LogP contribution in [0, 0.1) is 6.92 Å². The summed E-state index contributed by atoms with van der Waals surface area (Å²) in [5, 5.41) is 0. The molecule has 4 rings (SSSR count). The SMILES string of the molecule is Cc1ccc(C(=O)N2CCC3(C2)CN(C)S(=O)(=O)c2ccccc2O3)s1. The smallest absolute Gasteiger partial charge is 0.264 e. The zero-order valence-electron chi connectivity index (χ0n) is 14.6. The van der Waals surface area contributed by atoms with Crippen molar-refractivity contribution < 1.29 is 17.9 Å². The number of carbonyl (C=O) groups excluding carboxylic acids is 1. The first-order chi connectivity index (χ1) is 12.3. The summed E-state index contributed by atoms with van der Waals surface area (Å²) in [4.78, 5) is 16.5. The third-order valence-corrected chi connectivity index (χ3v) is 7.76. The molecule has 138 valence electrons. The largest absolute Gasteiger partial charge is 0.483 e. The Balaban J connectivity index is 1.65. The van der Waals surface area contributed by atoms with Crippen molar-refractivity contribution >= 4 is 27.3 Å². The number of hydrogen-bond acceptors (Lipinski definition) is 5. The van der Waals surface area contributed by atoms with Crippen LogP contribution in [-0.4, -0.2) is 55.8 Å². The Morgan fingerprint density at radius 3 is 2.69 bits per heavy atom. The standard InChI is InChI=1S/C18H20N2O4S2/c1-13-7-8-15(25-13)17(21)20-10-9-18(12-20)11-19(2)26(22,23)16-6-4-3-5-14(16)24-18/h3-8H,9-12H2,1-2H3. The predicted octanol–water partition coefficient (Wildman–Crippen LogP) is 2.35. The molecule has 8 heteroatoms. The maximum Gasteiger partial charge on any atom is 0.264 e. The van der Waals surface area contributed by atoms with E-state index in [1.807, 2.05) is 19.1 Å². The highest BCUT2D eigenvalue weighted by Crippen LogP contribution is 2.38. The zero-order valence-corrected chi connectivity index (χ0v) is 16.3. The Hall–Kier alpha value is -1.90. The van der Waals surface area contributed by atoms with Crippen molar-refractivity contribution in [1.29, 1.82) is 0 Å². The fourth-order valence-corrected chi connectivity index (χ4v) is 5.80. The molecule has 0 bridgehead atoms. The Kier molecular flexibility index (Phi) is 4.09. The van der Waals surface area contributed by atoms with Crippen LogP contribution in [0.4, 0.5) is 0 Å². The third kappa shape index (κ3) is 2.82. The molecular weight excluding hydrogens is 372 g/mol. The number of hydrogen-bond donors (Lipinski definition) is 0. The number of rotatable bonds is 1. The number of likely N-dealkylation sites (tertiary alicyclic amines) is 1. The average Bonchev–Trinajstić information content (AvgIpc) is 3.19. The van der Waals surface area contributed by atoms with E-state index in [0.717, 1.165) is 4.88 Å². The van der Waals surface area contributed by atoms with Gasteiger partial charge >= 0.3 is 0 Å². The molecule has 2 aromatic rings. The van der Waals surface area contributed by atoms with Crippen LogP contribution in [0.5, 0.6) is 5.75 Å². The van der Waals surface area contributed by atoms with E-state index in [4.69, 9.17) is 4.74 Å². The highest BCUT2D eigenvalue weighted by molar-refractivity contribution is 7.89. The number of likely N-dealkylation sites (N-methyl/N-ethyl adjacent to an activating group) is 1. The normalized spacial score (nSPS) is 24.9. The number of nitrogens with zero attached hydrogens (tertiary/aromatic N) is 2. The van der Waals surface area contributed by atoms with Gasteiger partial charge in [-0.2, -0.15) is 4.31 Å². The number of fused-ring (bicyclic) bond motifs is 1. The van der Waals surface area contributed by atoms with Gasteiger partial charge in [-0.15, -0.1) is 11.3 Å². The number of ether oxygens (including phenoxy) is 1. The van der Waals surface area contributed by atoms with Gasteiger partial charge in [-0.05, 0) is 31.2 Å². The van der Waals surface area contributed by atoms with Crippen LogP contribution in [0.1, 0.15) is 21.0 Å². The molecule has 3 heterocycles. The number of sulfonamides is 1. The molecule has 1 amide bonds. The second-order valence-electron chi connectivity index (χ2n) is 6.88. The van der Waals surface area contributed by atoms with Gasteiger partial charge in [-0.3, -0.25) is 4.79 Å². The molecule has 1 atom stereocenters. The van der Waals surface area contributed by atoms with Crippen molar-refractivity contribution in [2.24, 2.45) is 0 Å². The molecule has 6 nitrogen and oxygen atoms in total. The molecule has 0 N–H and O–H groups in total. The molecule has 1 unspecified atom stereocenters. The summed E-state index contributed by atoms with van der Waals surface area (Å²) in [5.41, 5.74) is -0.726. The van der Waals surface area contributed by atoms with Crippen molar-refractivity contribution in [2.75, 3.05) is 26.7 Å². The quantitative estimate of drug-likeness (QED) is 0.747. The molecule has 1 saturated heterocycles. The van der Waals surface area contributed by atoms with Crippen LogP contribution in [0.25, 0.3) is 0 Å². The minimum Gasteiger partial charge on any atom is -0.483 e. The molecule has 0 aliphatic carbocycles. The maximum absolute atomic E-state index is 12.8. The van der Waals surface area contributed by atoms with E-state index in [0.29, 0.717) is 30.1 Å². The first-order valence-electron chi connectivity index (χ1n) is 8.41. The third-order valence-electron chi connectivity index (χ3n) is 4.93. The minimum absolute atomic E-state index is 0.0217. The van der Waals surface area contributed by atoms with Crippen LogP contribution in [0.3, 0.4) is 0 Å². The van der Waals surface area contributed by atoms with Crippen LogP contribution in [-0.2, 0) is 10.0 Å². The summed E-state index contributed by atoms with van der Waals surface area (Å²) in [5.74, 6) is 0.338. The Morgan fingerprint density at radius 2 is 1.96 bits per heavy atom. The van der Waals surface area contributed by atoms with Crippen LogP contribution < -0.4 is 4.74 Å². The van der Waals surface area contributed by atoms with E-state index in [9.17, 15) is 13.2 Å². The van der Waals surface area contributed by atoms with Crippen molar-refractivity contribution in [3.8, 4) is 5.75 Å². The predicted molar refractivity (Wildman–Crippen MR) is 99.2 cm³/mol. The lowest BCUT2D eigenvalue weighted by Gasteiger charge is -2.30. The van der Waals surface area contributed by atoms with Crippen LogP contribution >= 0.6 is 11.3 Å². The molecule has 1 spiro atoms. The van der Waals surface area contributed by atoms with Gasteiger partial charge in [-0.25, -0.2) is 8.42 Å². The molecule has 2 aliphatic heterocycles. The number of carbonyl (C=O) groups is 1. The second-order valence-corrected chi connectivity index (χ2v) is 10.2. The monoisotopic (exact) mass is 392 g/mol. The summed E-state index contributed by atoms with van der Waals surface area (Å²) in [7, 11) is -2.04. The average molecular weight is 393 g/mol. The van der Waals surface area contributed by atoms with E-state index < -0.39 is 15.6 Å². The Labute approximate surface area is 157 Å². The van der Waals surface area contributed by atoms with Crippen molar-refractivity contribution in [2.45, 2.75) is 23.8 Å². The molecule has 1 aromatic heterocycles. The van der Waals surface area contributed by atoms with Gasteiger partial charge in [0.25, 0.3) is 5.91 Å². The Morgan fingerprint density at radius 1 is 1.19 bits per heavy atom. The Bertz CT molecular complexity index is 969. The van der Waals surface area contributed by atoms with E-state index >= 15 is 0 Å². The van der Waals surface area contributed by atoms with Gasteiger partial charge < -0.3 is 9.64 Å². The highest BCUT2D eigenvalue weighted by Gasteiger charge is 2.47. The van der Waals surface area contributed by atoms with Crippen molar-refractivity contribution in [3.05, 3.63) is 46.2 Å². The molecule has 2 aliphatic rings. The first kappa shape index (κ1) is 17.5. The number of aryl methyl sites for hydroxylation is 1. The maximum atomic E-state index is 12.8. The lowest BCUT2D eigenvalue weighted by atomic mass is 10.0. The zero-order chi connectivity index (χ0) is 18.5. The summed E-state index contributed by atoms with van der Waals surface area (Å²) < 4.78 is 33.1. The first-order valence-corrected chi connectivity index (χ1v) is 10.7. The minimum atomic E-state index is -3.60. The van der Waals surface area contributed by atoms with Gasteiger partial charge in [0, 0.05) is 24.9 Å². The van der Waals surface area contributed by atoms with Crippen molar-refractivity contribution in [1.82, 2.24) is 9.21 Å². The van der Waals surface area contributed by atoms with E-state index in [2.05, 4.69) is 0 Å². The van der Waals surface area contributed by atoms with Crippen molar-refractivity contribution in [3.63, 3.8) is 0 Å². The summed E-state index contributed by atoms with van der Waals surface area (Å²) in [6.07, 6.45) is 0.595. The second kappa shape index (κ2) is 6.07. The topological polar surface area (TPSA) is 66.9 Å². The van der Waals surface area contributed by atoms with E-state index in [1.165, 1.54) is 15.6 Å². The van der Waals surface area contributed by atoms with Crippen LogP contribution in [0.15, 0.2) is 41.3 Å². The fourth-order valence-electron chi connectivity index (χ4n) is 3.61. The number of thiophene rings is 1. The molecule has 1 fully saturated rings. The number of amides is 1. The lowest BCUT2D eigenvalue weighted by Crippen LogP contribution is -2.48. The van der Waals surface area contributed by atoms with Gasteiger partial charge in [-0.1, -0.05) is 12.1 Å². The molecule has 1 aromatic carbocycles. The van der Waals surface area contributed by atoms with Gasteiger partial charge in [0.05, 0.1) is 18.0 Å². The lowest BCUT2D eigenvalue weighted by molar-refractivity contribution is 0.0546. The van der Waals surface area contributed by atoms with Crippen LogP contribution in [0.2, 0.25) is 0 Å². The molecule has 0 saturated carbocycles. The van der Waals surface area contributed by atoms with Gasteiger partial charge in [0.1, 0.15) is 16.2 Å². The number of para-hydroxylation sites is 1. The summed E-state index contributed by atoms with van der Waals surface area (Å²) >= 11 is 1.47. The van der Waals surface area contributed by atoms with Gasteiger partial charge in [0.2, 0.25) is 10.0 Å². The highest BCUT2D eigenvalue weighted by atomic mass is 32.2. The summed E-state index contributed by atoms with van der Waals surface area (Å²) in [6, 6.07) is 10.5. The molecular formula is C18H20N2O4S2. The fraction of sp³-hybridized carbons (Fsp3) is 0.389.